The van der Waals surface area contributed by atoms with Gasteiger partial charge in [-0.3, -0.25) is 4.79 Å². The van der Waals surface area contributed by atoms with Crippen LogP contribution < -0.4 is 4.90 Å². The predicted octanol–water partition coefficient (Wildman–Crippen LogP) is 2.80. The number of rotatable bonds is 4. The van der Waals surface area contributed by atoms with E-state index in [1.807, 2.05) is 4.90 Å². The highest BCUT2D eigenvalue weighted by Crippen LogP contribution is 2.30. The van der Waals surface area contributed by atoms with Crippen LogP contribution in [-0.2, 0) is 0 Å². The number of benzene rings is 1. The molecule has 126 valence electrons. The van der Waals surface area contributed by atoms with Gasteiger partial charge in [-0.1, -0.05) is 12.8 Å². The van der Waals surface area contributed by atoms with Gasteiger partial charge in [0.25, 0.3) is 5.91 Å². The van der Waals surface area contributed by atoms with Crippen LogP contribution in [0.5, 0.6) is 0 Å². The summed E-state index contributed by atoms with van der Waals surface area (Å²) >= 11 is 0. The summed E-state index contributed by atoms with van der Waals surface area (Å²) in [5.74, 6) is -0.581. The monoisotopic (exact) mass is 320 g/mol. The summed E-state index contributed by atoms with van der Waals surface area (Å²) in [6.07, 6.45) is 5.62. The first-order valence-corrected chi connectivity index (χ1v) is 8.51. The molecule has 1 heterocycles. The normalized spacial score (nSPS) is 20.0. The molecule has 1 aromatic carbocycles. The van der Waals surface area contributed by atoms with Crippen LogP contribution in [0.25, 0.3) is 0 Å². The quantitative estimate of drug-likeness (QED) is 0.928. The minimum Gasteiger partial charge on any atom is -0.388 e. The molecule has 1 aliphatic carbocycles. The van der Waals surface area contributed by atoms with Gasteiger partial charge in [0, 0.05) is 32.2 Å². The average Bonchev–Trinajstić information content (AvgIpc) is 3.18. The molecule has 0 spiro atoms. The van der Waals surface area contributed by atoms with Gasteiger partial charge in [0.1, 0.15) is 5.82 Å². The average molecular weight is 320 g/mol. The number of halogens is 1. The first-order chi connectivity index (χ1) is 11.0. The van der Waals surface area contributed by atoms with Crippen molar-refractivity contribution < 1.29 is 14.3 Å². The molecule has 1 aliphatic heterocycles. The number of anilines is 1. The van der Waals surface area contributed by atoms with Crippen LogP contribution in [0.2, 0.25) is 0 Å². The Morgan fingerprint density at radius 1 is 1.26 bits per heavy atom. The van der Waals surface area contributed by atoms with E-state index in [9.17, 15) is 14.3 Å². The van der Waals surface area contributed by atoms with E-state index in [1.165, 1.54) is 11.0 Å². The molecular weight excluding hydrogens is 295 g/mol. The van der Waals surface area contributed by atoms with Crippen LogP contribution in [0, 0.1) is 5.82 Å². The summed E-state index contributed by atoms with van der Waals surface area (Å²) in [6, 6.07) is 4.71. The third-order valence-electron chi connectivity index (χ3n) is 5.05. The summed E-state index contributed by atoms with van der Waals surface area (Å²) in [4.78, 5) is 16.0. The fraction of sp³-hybridized carbons (Fsp3) is 0.611. The van der Waals surface area contributed by atoms with Crippen LogP contribution in [0.1, 0.15) is 48.9 Å². The van der Waals surface area contributed by atoms with Gasteiger partial charge in [0.05, 0.1) is 11.3 Å². The minimum atomic E-state index is -0.779. The lowest BCUT2D eigenvalue weighted by atomic mass is 10.0. The summed E-state index contributed by atoms with van der Waals surface area (Å²) in [5, 5.41) is 10.4. The van der Waals surface area contributed by atoms with Gasteiger partial charge >= 0.3 is 0 Å². The lowest BCUT2D eigenvalue weighted by Crippen LogP contribution is -2.42. The summed E-state index contributed by atoms with van der Waals surface area (Å²) in [7, 11) is 1.67. The van der Waals surface area contributed by atoms with Gasteiger partial charge in [-0.05, 0) is 43.9 Å². The molecule has 1 N–H and O–H groups in total. The van der Waals surface area contributed by atoms with E-state index in [2.05, 4.69) is 0 Å². The van der Waals surface area contributed by atoms with Crippen molar-refractivity contribution in [2.75, 3.05) is 31.6 Å². The molecule has 0 radical (unpaired) electrons. The van der Waals surface area contributed by atoms with E-state index in [4.69, 9.17) is 0 Å². The first kappa shape index (κ1) is 16.2. The van der Waals surface area contributed by atoms with Crippen LogP contribution in [0.3, 0.4) is 0 Å². The molecule has 2 aliphatic rings. The molecule has 0 bridgehead atoms. The molecule has 3 rings (SSSR count). The molecule has 1 aromatic rings. The van der Waals surface area contributed by atoms with Crippen molar-refractivity contribution in [1.82, 2.24) is 4.90 Å². The SMILES string of the molecule is CN(CC1(O)CCCC1)C(=O)c1ccc(N2CCCC2)c(F)c1. The van der Waals surface area contributed by atoms with Gasteiger partial charge in [-0.25, -0.2) is 4.39 Å². The van der Waals surface area contributed by atoms with E-state index in [1.54, 1.807) is 19.2 Å². The Bertz CT molecular complexity index is 578. The largest absolute Gasteiger partial charge is 0.388 e. The van der Waals surface area contributed by atoms with Gasteiger partial charge in [-0.2, -0.15) is 0 Å². The zero-order chi connectivity index (χ0) is 16.4. The number of likely N-dealkylation sites (N-methyl/N-ethyl adjacent to an activating group) is 1. The first-order valence-electron chi connectivity index (χ1n) is 8.51. The van der Waals surface area contributed by atoms with E-state index >= 15 is 0 Å². The van der Waals surface area contributed by atoms with Gasteiger partial charge in [0.2, 0.25) is 0 Å². The standard InChI is InChI=1S/C18H25FN2O2/c1-20(13-18(23)8-2-3-9-18)17(22)14-6-7-16(15(19)12-14)21-10-4-5-11-21/h6-7,12,23H,2-5,8-11,13H2,1H3. The molecule has 1 saturated heterocycles. The lowest BCUT2D eigenvalue weighted by molar-refractivity contribution is 0.0156. The molecule has 23 heavy (non-hydrogen) atoms. The van der Waals surface area contributed by atoms with Crippen molar-refractivity contribution in [2.45, 2.75) is 44.1 Å². The second-order valence-corrected chi connectivity index (χ2v) is 6.95. The second-order valence-electron chi connectivity index (χ2n) is 6.95. The van der Waals surface area contributed by atoms with E-state index < -0.39 is 5.60 Å². The second kappa shape index (κ2) is 6.48. The number of nitrogens with zero attached hydrogens (tertiary/aromatic N) is 2. The van der Waals surface area contributed by atoms with Crippen molar-refractivity contribution in [3.05, 3.63) is 29.6 Å². The van der Waals surface area contributed by atoms with Gasteiger partial charge < -0.3 is 14.9 Å². The lowest BCUT2D eigenvalue weighted by Gasteiger charge is -2.28. The highest BCUT2D eigenvalue weighted by molar-refractivity contribution is 5.94. The molecule has 0 atom stereocenters. The molecule has 4 nitrogen and oxygen atoms in total. The molecule has 0 unspecified atom stereocenters. The maximum Gasteiger partial charge on any atom is 0.253 e. The maximum atomic E-state index is 14.3. The van der Waals surface area contributed by atoms with Crippen molar-refractivity contribution in [3.63, 3.8) is 0 Å². The van der Waals surface area contributed by atoms with Crippen LogP contribution in [-0.4, -0.2) is 48.2 Å². The van der Waals surface area contributed by atoms with Gasteiger partial charge in [-0.15, -0.1) is 0 Å². The Morgan fingerprint density at radius 2 is 1.91 bits per heavy atom. The Kier molecular flexibility index (Phi) is 4.57. The Morgan fingerprint density at radius 3 is 2.52 bits per heavy atom. The Balaban J connectivity index is 1.70. The Labute approximate surface area is 136 Å². The number of carbonyl (C=O) groups is 1. The zero-order valence-corrected chi connectivity index (χ0v) is 13.7. The van der Waals surface area contributed by atoms with E-state index in [-0.39, 0.29) is 11.7 Å². The zero-order valence-electron chi connectivity index (χ0n) is 13.7. The number of hydrogen-bond acceptors (Lipinski definition) is 3. The van der Waals surface area contributed by atoms with Crippen molar-refractivity contribution in [1.29, 1.82) is 0 Å². The number of hydrogen-bond donors (Lipinski definition) is 1. The Hall–Kier alpha value is -1.62. The number of carbonyl (C=O) groups excluding carboxylic acids is 1. The van der Waals surface area contributed by atoms with Crippen LogP contribution in [0.4, 0.5) is 10.1 Å². The van der Waals surface area contributed by atoms with Crippen molar-refractivity contribution >= 4 is 11.6 Å². The maximum absolute atomic E-state index is 14.3. The van der Waals surface area contributed by atoms with E-state index in [0.29, 0.717) is 17.8 Å². The third kappa shape index (κ3) is 3.50. The molecule has 1 saturated carbocycles. The van der Waals surface area contributed by atoms with Gasteiger partial charge in [0.15, 0.2) is 0 Å². The molecule has 0 aromatic heterocycles. The smallest absolute Gasteiger partial charge is 0.253 e. The number of amides is 1. The topological polar surface area (TPSA) is 43.8 Å². The van der Waals surface area contributed by atoms with E-state index in [0.717, 1.165) is 51.6 Å². The summed E-state index contributed by atoms with van der Waals surface area (Å²) < 4.78 is 14.3. The van der Waals surface area contributed by atoms with Crippen molar-refractivity contribution in [3.8, 4) is 0 Å². The van der Waals surface area contributed by atoms with Crippen molar-refractivity contribution in [2.24, 2.45) is 0 Å². The van der Waals surface area contributed by atoms with Crippen LogP contribution >= 0.6 is 0 Å². The molecule has 1 amide bonds. The fourth-order valence-electron chi connectivity index (χ4n) is 3.78. The highest BCUT2D eigenvalue weighted by Gasteiger charge is 2.33. The molecule has 2 fully saturated rings. The molecular formula is C18H25FN2O2. The summed E-state index contributed by atoms with van der Waals surface area (Å²) in [6.45, 7) is 2.05. The van der Waals surface area contributed by atoms with Crippen LogP contribution in [0.15, 0.2) is 18.2 Å². The predicted molar refractivity (Wildman–Crippen MR) is 88.2 cm³/mol. The molecule has 5 heteroatoms. The number of aliphatic hydroxyl groups is 1. The fourth-order valence-corrected chi connectivity index (χ4v) is 3.78. The highest BCUT2D eigenvalue weighted by atomic mass is 19.1. The third-order valence-corrected chi connectivity index (χ3v) is 5.05. The minimum absolute atomic E-state index is 0.239. The summed E-state index contributed by atoms with van der Waals surface area (Å²) in [5.41, 5.74) is 0.143.